The smallest absolute Gasteiger partial charge is 0.324 e. The Morgan fingerprint density at radius 2 is 1.56 bits per heavy atom. The Kier molecular flexibility index (Phi) is 6.74. The summed E-state index contributed by atoms with van der Waals surface area (Å²) in [4.78, 5) is 11.9. The molecule has 0 saturated heterocycles. The van der Waals surface area contributed by atoms with Gasteiger partial charge in [-0.2, -0.15) is 9.97 Å². The second kappa shape index (κ2) is 8.43. The molecular weight excluding hydrogens is 240 g/mol. The third-order valence-corrected chi connectivity index (χ3v) is 1.92. The molecule has 8 heteroatoms. The summed E-state index contributed by atoms with van der Waals surface area (Å²) >= 11 is 0. The second-order valence-electron chi connectivity index (χ2n) is 3.16. The minimum absolute atomic E-state index is 0.199. The average molecular weight is 258 g/mol. The fourth-order valence-corrected chi connectivity index (χ4v) is 1.08. The van der Waals surface area contributed by atoms with Gasteiger partial charge in [0.25, 0.3) is 0 Å². The fraction of sp³-hybridized carbons (Fsp3) is 0.700. The Balaban J connectivity index is 2.36. The van der Waals surface area contributed by atoms with Crippen molar-refractivity contribution in [1.29, 1.82) is 0 Å². The van der Waals surface area contributed by atoms with Gasteiger partial charge in [-0.1, -0.05) is 0 Å². The number of nitrogens with zero attached hydrogens (tertiary/aromatic N) is 3. The van der Waals surface area contributed by atoms with E-state index in [0.717, 1.165) is 0 Å². The normalized spacial score (nSPS) is 10.2. The van der Waals surface area contributed by atoms with E-state index < -0.39 is 0 Å². The predicted octanol–water partition coefficient (Wildman–Crippen LogP) is -0.0363. The maximum atomic E-state index is 5.29. The van der Waals surface area contributed by atoms with Gasteiger partial charge in [0, 0.05) is 13.7 Å². The minimum atomic E-state index is 0.199. The molecule has 0 radical (unpaired) electrons. The predicted molar refractivity (Wildman–Crippen MR) is 64.1 cm³/mol. The third-order valence-electron chi connectivity index (χ3n) is 1.92. The van der Waals surface area contributed by atoms with E-state index in [4.69, 9.17) is 18.9 Å². The summed E-state index contributed by atoms with van der Waals surface area (Å²) in [6.45, 7) is 2.23. The molecule has 102 valence electrons. The van der Waals surface area contributed by atoms with Gasteiger partial charge in [0.05, 0.1) is 34.0 Å². The van der Waals surface area contributed by atoms with E-state index in [1.807, 2.05) is 0 Å². The van der Waals surface area contributed by atoms with Crippen molar-refractivity contribution in [2.24, 2.45) is 0 Å². The van der Waals surface area contributed by atoms with Crippen LogP contribution >= 0.6 is 0 Å². The van der Waals surface area contributed by atoms with Gasteiger partial charge in [0.15, 0.2) is 0 Å². The molecule has 0 aliphatic rings. The number of hydrogen-bond donors (Lipinski definition) is 1. The second-order valence-corrected chi connectivity index (χ2v) is 3.16. The van der Waals surface area contributed by atoms with Crippen LogP contribution in [0.5, 0.6) is 12.0 Å². The summed E-state index contributed by atoms with van der Waals surface area (Å²) in [5.41, 5.74) is 0. The quantitative estimate of drug-likeness (QED) is 0.617. The van der Waals surface area contributed by atoms with E-state index in [2.05, 4.69) is 20.3 Å². The van der Waals surface area contributed by atoms with Gasteiger partial charge in [0.1, 0.15) is 0 Å². The van der Waals surface area contributed by atoms with Gasteiger partial charge in [-0.05, 0) is 0 Å². The molecule has 0 aromatic carbocycles. The Morgan fingerprint density at radius 3 is 2.11 bits per heavy atom. The van der Waals surface area contributed by atoms with Crippen LogP contribution in [-0.2, 0) is 9.47 Å². The molecule has 1 aromatic rings. The van der Waals surface area contributed by atoms with Gasteiger partial charge >= 0.3 is 12.0 Å². The van der Waals surface area contributed by atoms with Crippen molar-refractivity contribution in [1.82, 2.24) is 15.0 Å². The zero-order valence-corrected chi connectivity index (χ0v) is 10.8. The summed E-state index contributed by atoms with van der Waals surface area (Å²) in [6, 6.07) is 0.398. The molecule has 0 saturated carbocycles. The largest absolute Gasteiger partial charge is 0.467 e. The van der Waals surface area contributed by atoms with Crippen LogP contribution in [0.15, 0.2) is 0 Å². The van der Waals surface area contributed by atoms with E-state index in [0.29, 0.717) is 32.3 Å². The first-order valence-electron chi connectivity index (χ1n) is 5.44. The molecule has 1 aromatic heterocycles. The monoisotopic (exact) mass is 258 g/mol. The highest BCUT2D eigenvalue weighted by Gasteiger charge is 2.06. The maximum Gasteiger partial charge on any atom is 0.324 e. The maximum absolute atomic E-state index is 5.29. The van der Waals surface area contributed by atoms with Gasteiger partial charge in [0.2, 0.25) is 5.95 Å². The molecule has 0 spiro atoms. The summed E-state index contributed by atoms with van der Waals surface area (Å²) in [5.74, 6) is 0.383. The van der Waals surface area contributed by atoms with E-state index in [1.165, 1.54) is 14.2 Å². The highest BCUT2D eigenvalue weighted by Crippen LogP contribution is 2.11. The molecule has 1 heterocycles. The van der Waals surface area contributed by atoms with Crippen LogP contribution in [0.2, 0.25) is 0 Å². The Bertz CT molecular complexity index is 328. The molecule has 0 aliphatic heterocycles. The van der Waals surface area contributed by atoms with E-state index >= 15 is 0 Å². The number of hydrogen-bond acceptors (Lipinski definition) is 8. The van der Waals surface area contributed by atoms with Crippen molar-refractivity contribution in [3.63, 3.8) is 0 Å². The van der Waals surface area contributed by atoms with E-state index in [-0.39, 0.29) is 12.0 Å². The molecule has 0 bridgehead atoms. The molecule has 1 N–H and O–H groups in total. The summed E-state index contributed by atoms with van der Waals surface area (Å²) < 4.78 is 20.0. The van der Waals surface area contributed by atoms with Crippen LogP contribution in [0.1, 0.15) is 0 Å². The lowest BCUT2D eigenvalue weighted by molar-refractivity contribution is 0.0758. The molecule has 8 nitrogen and oxygen atoms in total. The lowest BCUT2D eigenvalue weighted by Gasteiger charge is -2.07. The van der Waals surface area contributed by atoms with Crippen molar-refractivity contribution < 1.29 is 18.9 Å². The first kappa shape index (κ1) is 14.4. The molecule has 0 fully saturated rings. The van der Waals surface area contributed by atoms with Gasteiger partial charge < -0.3 is 24.3 Å². The van der Waals surface area contributed by atoms with Crippen LogP contribution in [0.3, 0.4) is 0 Å². The number of methoxy groups -OCH3 is 3. The number of ether oxygens (including phenoxy) is 4. The first-order valence-corrected chi connectivity index (χ1v) is 5.44. The summed E-state index contributed by atoms with van der Waals surface area (Å²) in [5, 5.41) is 2.98. The van der Waals surface area contributed by atoms with Crippen LogP contribution in [-0.4, -0.2) is 62.6 Å². The van der Waals surface area contributed by atoms with Gasteiger partial charge in [-0.3, -0.25) is 0 Å². The molecule has 0 atom stereocenters. The molecular formula is C10H18N4O4. The van der Waals surface area contributed by atoms with E-state index in [1.54, 1.807) is 7.11 Å². The Labute approximate surface area is 106 Å². The number of aromatic nitrogens is 3. The Hall–Kier alpha value is -1.67. The zero-order valence-electron chi connectivity index (χ0n) is 10.8. The van der Waals surface area contributed by atoms with E-state index in [9.17, 15) is 0 Å². The van der Waals surface area contributed by atoms with Crippen LogP contribution in [0, 0.1) is 0 Å². The fourth-order valence-electron chi connectivity index (χ4n) is 1.08. The van der Waals surface area contributed by atoms with Crippen LogP contribution < -0.4 is 14.8 Å². The SMILES string of the molecule is COCCOCCNc1nc(OC)nc(OC)n1. The van der Waals surface area contributed by atoms with Crippen molar-refractivity contribution >= 4 is 5.95 Å². The number of anilines is 1. The van der Waals surface area contributed by atoms with Crippen LogP contribution in [0.4, 0.5) is 5.95 Å². The van der Waals surface area contributed by atoms with Crippen molar-refractivity contribution in [3.05, 3.63) is 0 Å². The lowest BCUT2D eigenvalue weighted by atomic mass is 10.6. The number of nitrogens with one attached hydrogen (secondary N) is 1. The van der Waals surface area contributed by atoms with Crippen molar-refractivity contribution in [2.45, 2.75) is 0 Å². The highest BCUT2D eigenvalue weighted by molar-refractivity contribution is 5.27. The van der Waals surface area contributed by atoms with Crippen LogP contribution in [0.25, 0.3) is 0 Å². The van der Waals surface area contributed by atoms with Crippen molar-refractivity contribution in [2.75, 3.05) is 53.0 Å². The summed E-state index contributed by atoms with van der Waals surface area (Å²) in [6.07, 6.45) is 0. The summed E-state index contributed by atoms with van der Waals surface area (Å²) in [7, 11) is 4.59. The van der Waals surface area contributed by atoms with Gasteiger partial charge in [-0.25, -0.2) is 0 Å². The molecule has 0 aliphatic carbocycles. The van der Waals surface area contributed by atoms with Gasteiger partial charge in [-0.15, -0.1) is 4.98 Å². The Morgan fingerprint density at radius 1 is 0.889 bits per heavy atom. The highest BCUT2D eigenvalue weighted by atomic mass is 16.5. The standard InChI is InChI=1S/C10H18N4O4/c1-15-6-7-18-5-4-11-8-12-9(16-2)14-10(13-8)17-3/h4-7H2,1-3H3,(H,11,12,13,14). The topological polar surface area (TPSA) is 87.6 Å². The minimum Gasteiger partial charge on any atom is -0.467 e. The third kappa shape index (κ3) is 5.11. The molecule has 0 amide bonds. The molecule has 0 unspecified atom stereocenters. The molecule has 1 rings (SSSR count). The lowest BCUT2D eigenvalue weighted by Crippen LogP contribution is -2.14. The van der Waals surface area contributed by atoms with Crippen molar-refractivity contribution in [3.8, 4) is 12.0 Å². The molecule has 18 heavy (non-hydrogen) atoms. The first-order chi connectivity index (χ1) is 8.80. The average Bonchev–Trinajstić information content (AvgIpc) is 2.42. The zero-order chi connectivity index (χ0) is 13.2. The number of rotatable bonds is 9.